The van der Waals surface area contributed by atoms with Crippen molar-refractivity contribution in [1.29, 1.82) is 0 Å². The van der Waals surface area contributed by atoms with Crippen LogP contribution >= 0.6 is 0 Å². The van der Waals surface area contributed by atoms with Gasteiger partial charge >= 0.3 is 0 Å². The summed E-state index contributed by atoms with van der Waals surface area (Å²) in [5.41, 5.74) is 0.884. The number of unbranched alkanes of at least 4 members (excludes halogenated alkanes) is 1. The standard InChI is InChI=1S/C16H19N3O2/c1-3-4-12-19-15(20)11-10-14(17-19)16(21)18(2)13-8-6-5-7-9-13/h5-11H,3-4,12H2,1-2H3. The van der Waals surface area contributed by atoms with Gasteiger partial charge in [0.2, 0.25) is 0 Å². The Balaban J connectivity index is 2.25. The Morgan fingerprint density at radius 2 is 1.90 bits per heavy atom. The molecule has 1 heterocycles. The summed E-state index contributed by atoms with van der Waals surface area (Å²) in [5, 5.41) is 4.17. The van der Waals surface area contributed by atoms with Gasteiger partial charge in [0, 0.05) is 25.3 Å². The molecule has 0 aliphatic heterocycles. The third-order valence-corrected chi connectivity index (χ3v) is 3.26. The molecule has 0 saturated heterocycles. The van der Waals surface area contributed by atoms with Gasteiger partial charge in [0.15, 0.2) is 0 Å². The fourth-order valence-corrected chi connectivity index (χ4v) is 1.97. The number of rotatable bonds is 5. The predicted octanol–water partition coefficient (Wildman–Crippen LogP) is 2.32. The molecule has 0 aliphatic rings. The number of amides is 1. The predicted molar refractivity (Wildman–Crippen MR) is 82.6 cm³/mol. The van der Waals surface area contributed by atoms with Crippen molar-refractivity contribution in [2.75, 3.05) is 11.9 Å². The third-order valence-electron chi connectivity index (χ3n) is 3.26. The summed E-state index contributed by atoms with van der Waals surface area (Å²) in [4.78, 5) is 25.7. The number of carbonyl (C=O) groups is 1. The molecule has 0 fully saturated rings. The molecule has 2 rings (SSSR count). The van der Waals surface area contributed by atoms with Gasteiger partial charge in [0.05, 0.1) is 0 Å². The van der Waals surface area contributed by atoms with Crippen LogP contribution in [0.3, 0.4) is 0 Å². The normalized spacial score (nSPS) is 10.4. The number of para-hydroxylation sites is 1. The minimum atomic E-state index is -0.230. The van der Waals surface area contributed by atoms with Gasteiger partial charge in [-0.05, 0) is 24.6 Å². The second-order valence-electron chi connectivity index (χ2n) is 4.83. The van der Waals surface area contributed by atoms with Crippen LogP contribution in [-0.2, 0) is 6.54 Å². The maximum atomic E-state index is 12.4. The molecule has 2 aromatic rings. The molecule has 21 heavy (non-hydrogen) atoms. The van der Waals surface area contributed by atoms with Crippen molar-refractivity contribution in [1.82, 2.24) is 9.78 Å². The molecule has 0 unspecified atom stereocenters. The maximum absolute atomic E-state index is 12.4. The highest BCUT2D eigenvalue weighted by Crippen LogP contribution is 2.13. The van der Waals surface area contributed by atoms with Crippen molar-refractivity contribution in [2.45, 2.75) is 26.3 Å². The minimum absolute atomic E-state index is 0.178. The van der Waals surface area contributed by atoms with Crippen molar-refractivity contribution < 1.29 is 4.79 Å². The number of carbonyl (C=O) groups excluding carboxylic acids is 1. The molecule has 1 amide bonds. The molecule has 5 nitrogen and oxygen atoms in total. The molecule has 110 valence electrons. The largest absolute Gasteiger partial charge is 0.310 e. The van der Waals surface area contributed by atoms with E-state index >= 15 is 0 Å². The molecule has 1 aromatic carbocycles. The minimum Gasteiger partial charge on any atom is -0.310 e. The number of aromatic nitrogens is 2. The zero-order valence-electron chi connectivity index (χ0n) is 12.3. The monoisotopic (exact) mass is 285 g/mol. The first-order chi connectivity index (χ1) is 10.1. The fraction of sp³-hybridized carbons (Fsp3) is 0.312. The molecule has 5 heteroatoms. The maximum Gasteiger partial charge on any atom is 0.278 e. The van der Waals surface area contributed by atoms with E-state index < -0.39 is 0 Å². The summed E-state index contributed by atoms with van der Waals surface area (Å²) in [7, 11) is 1.70. The average Bonchev–Trinajstić information content (AvgIpc) is 2.53. The van der Waals surface area contributed by atoms with Gasteiger partial charge in [-0.2, -0.15) is 5.10 Å². The number of anilines is 1. The topological polar surface area (TPSA) is 55.2 Å². The molecule has 0 saturated carbocycles. The molecule has 0 spiro atoms. The summed E-state index contributed by atoms with van der Waals surface area (Å²) < 4.78 is 1.36. The smallest absolute Gasteiger partial charge is 0.278 e. The zero-order chi connectivity index (χ0) is 15.2. The molecule has 0 radical (unpaired) electrons. The van der Waals surface area contributed by atoms with Crippen molar-refractivity contribution in [3.8, 4) is 0 Å². The summed E-state index contributed by atoms with van der Waals surface area (Å²) in [6, 6.07) is 12.2. The van der Waals surface area contributed by atoms with Gasteiger partial charge in [-0.15, -0.1) is 0 Å². The number of aryl methyl sites for hydroxylation is 1. The Labute approximate surface area is 123 Å². The lowest BCUT2D eigenvalue weighted by Crippen LogP contribution is -2.31. The molecular weight excluding hydrogens is 266 g/mol. The van der Waals surface area contributed by atoms with E-state index in [1.807, 2.05) is 37.3 Å². The van der Waals surface area contributed by atoms with E-state index in [1.54, 1.807) is 7.05 Å². The Kier molecular flexibility index (Phi) is 4.87. The Morgan fingerprint density at radius 3 is 2.57 bits per heavy atom. The van der Waals surface area contributed by atoms with Crippen LogP contribution in [0, 0.1) is 0 Å². The van der Waals surface area contributed by atoms with Crippen LogP contribution in [0.5, 0.6) is 0 Å². The number of nitrogens with zero attached hydrogens (tertiary/aromatic N) is 3. The Bertz CT molecular complexity index is 665. The van der Waals surface area contributed by atoms with E-state index in [0.717, 1.165) is 18.5 Å². The second kappa shape index (κ2) is 6.83. The summed E-state index contributed by atoms with van der Waals surface area (Å²) in [5.74, 6) is -0.230. The summed E-state index contributed by atoms with van der Waals surface area (Å²) in [6.45, 7) is 2.58. The summed E-state index contributed by atoms with van der Waals surface area (Å²) in [6.07, 6.45) is 1.83. The van der Waals surface area contributed by atoms with Gasteiger partial charge in [-0.3, -0.25) is 9.59 Å². The van der Waals surface area contributed by atoms with Crippen LogP contribution in [0.25, 0.3) is 0 Å². The van der Waals surface area contributed by atoms with Crippen LogP contribution in [0.15, 0.2) is 47.3 Å². The van der Waals surface area contributed by atoms with Crippen LogP contribution < -0.4 is 10.5 Å². The molecule has 0 atom stereocenters. The molecule has 0 N–H and O–H groups in total. The highest BCUT2D eigenvalue weighted by Gasteiger charge is 2.15. The average molecular weight is 285 g/mol. The lowest BCUT2D eigenvalue weighted by molar-refractivity contribution is 0.0985. The van der Waals surface area contributed by atoms with E-state index in [1.165, 1.54) is 21.7 Å². The van der Waals surface area contributed by atoms with Gasteiger partial charge in [0.1, 0.15) is 5.69 Å². The fourth-order valence-electron chi connectivity index (χ4n) is 1.97. The van der Waals surface area contributed by atoms with Crippen LogP contribution in [0.1, 0.15) is 30.3 Å². The SMILES string of the molecule is CCCCn1nc(C(=O)N(C)c2ccccc2)ccc1=O. The van der Waals surface area contributed by atoms with Crippen LogP contribution in [-0.4, -0.2) is 22.7 Å². The van der Waals surface area contributed by atoms with Crippen LogP contribution in [0.2, 0.25) is 0 Å². The van der Waals surface area contributed by atoms with E-state index in [4.69, 9.17) is 0 Å². The van der Waals surface area contributed by atoms with Crippen molar-refractivity contribution in [3.05, 3.63) is 58.5 Å². The molecule has 1 aromatic heterocycles. The van der Waals surface area contributed by atoms with E-state index in [0.29, 0.717) is 6.54 Å². The number of hydrogen-bond acceptors (Lipinski definition) is 3. The van der Waals surface area contributed by atoms with Gasteiger partial charge in [0.25, 0.3) is 11.5 Å². The number of benzene rings is 1. The first-order valence-electron chi connectivity index (χ1n) is 7.04. The molecular formula is C16H19N3O2. The van der Waals surface area contributed by atoms with Crippen LogP contribution in [0.4, 0.5) is 5.69 Å². The number of hydrogen-bond donors (Lipinski definition) is 0. The lowest BCUT2D eigenvalue weighted by atomic mass is 10.2. The quantitative estimate of drug-likeness (QED) is 0.847. The van der Waals surface area contributed by atoms with E-state index in [9.17, 15) is 9.59 Å². The van der Waals surface area contributed by atoms with Crippen molar-refractivity contribution in [2.24, 2.45) is 0 Å². The zero-order valence-corrected chi connectivity index (χ0v) is 12.3. The third kappa shape index (κ3) is 3.56. The highest BCUT2D eigenvalue weighted by atomic mass is 16.2. The highest BCUT2D eigenvalue weighted by molar-refractivity contribution is 6.04. The van der Waals surface area contributed by atoms with Crippen molar-refractivity contribution in [3.63, 3.8) is 0 Å². The van der Waals surface area contributed by atoms with Gasteiger partial charge in [-0.1, -0.05) is 31.5 Å². The van der Waals surface area contributed by atoms with Gasteiger partial charge in [-0.25, -0.2) is 4.68 Å². The van der Waals surface area contributed by atoms with E-state index in [2.05, 4.69) is 5.10 Å². The first kappa shape index (κ1) is 15.0. The molecule has 0 aliphatic carbocycles. The Hall–Kier alpha value is -2.43. The summed E-state index contributed by atoms with van der Waals surface area (Å²) >= 11 is 0. The first-order valence-corrected chi connectivity index (χ1v) is 7.04. The lowest BCUT2D eigenvalue weighted by Gasteiger charge is -2.17. The van der Waals surface area contributed by atoms with Crippen molar-refractivity contribution >= 4 is 11.6 Å². The molecule has 0 bridgehead atoms. The van der Waals surface area contributed by atoms with Gasteiger partial charge < -0.3 is 4.90 Å². The van der Waals surface area contributed by atoms with E-state index in [-0.39, 0.29) is 17.2 Å². The second-order valence-corrected chi connectivity index (χ2v) is 4.83. The Morgan fingerprint density at radius 1 is 1.19 bits per heavy atom.